The normalized spacial score (nSPS) is 11.4. The molecule has 0 fully saturated rings. The summed E-state index contributed by atoms with van der Waals surface area (Å²) in [6.45, 7) is 4.07. The Morgan fingerprint density at radius 3 is 2.35 bits per heavy atom. The van der Waals surface area contributed by atoms with E-state index in [9.17, 15) is 9.59 Å². The standard InChI is InChI=1S/C21H16Cl3N5O2/c1-10(2)19-25-20-17(21(31)26-19)27-28-29(20)9-11-7-14(23)16(15(24)8-11)18(30)12-3-5-13(22)6-4-12/h3-8,10H,9H2,1-2H3,(H,25,26,31). The summed E-state index contributed by atoms with van der Waals surface area (Å²) in [6, 6.07) is 9.76. The molecule has 4 rings (SSSR count). The smallest absolute Gasteiger partial charge is 0.281 e. The van der Waals surface area contributed by atoms with Gasteiger partial charge in [-0.3, -0.25) is 9.59 Å². The highest BCUT2D eigenvalue weighted by Crippen LogP contribution is 2.30. The van der Waals surface area contributed by atoms with Crippen LogP contribution in [-0.4, -0.2) is 30.7 Å². The van der Waals surface area contributed by atoms with Crippen LogP contribution in [0.4, 0.5) is 0 Å². The number of carbonyl (C=O) groups excluding carboxylic acids is 1. The second-order valence-electron chi connectivity index (χ2n) is 7.30. The molecule has 0 atom stereocenters. The first kappa shape index (κ1) is 21.5. The molecule has 2 aromatic carbocycles. The zero-order valence-electron chi connectivity index (χ0n) is 16.5. The first-order valence-electron chi connectivity index (χ1n) is 9.36. The molecule has 158 valence electrons. The van der Waals surface area contributed by atoms with Crippen molar-refractivity contribution >= 4 is 51.7 Å². The van der Waals surface area contributed by atoms with Crippen molar-refractivity contribution < 1.29 is 4.79 Å². The maximum Gasteiger partial charge on any atom is 0.281 e. The van der Waals surface area contributed by atoms with E-state index in [1.807, 2.05) is 13.8 Å². The number of hydrogen-bond acceptors (Lipinski definition) is 5. The molecule has 0 aliphatic rings. The molecule has 4 aromatic rings. The van der Waals surface area contributed by atoms with Gasteiger partial charge in [0.15, 0.2) is 16.9 Å². The number of H-pyrrole nitrogens is 1. The summed E-state index contributed by atoms with van der Waals surface area (Å²) in [5, 5.41) is 8.91. The van der Waals surface area contributed by atoms with E-state index >= 15 is 0 Å². The van der Waals surface area contributed by atoms with Gasteiger partial charge in [0.2, 0.25) is 0 Å². The number of nitrogens with one attached hydrogen (secondary N) is 1. The van der Waals surface area contributed by atoms with Crippen molar-refractivity contribution in [3.8, 4) is 0 Å². The molecule has 0 amide bonds. The van der Waals surface area contributed by atoms with Gasteiger partial charge in [0.25, 0.3) is 5.56 Å². The van der Waals surface area contributed by atoms with Crippen LogP contribution in [-0.2, 0) is 6.54 Å². The van der Waals surface area contributed by atoms with Gasteiger partial charge in [-0.05, 0) is 42.0 Å². The summed E-state index contributed by atoms with van der Waals surface area (Å²) in [7, 11) is 0. The van der Waals surface area contributed by atoms with E-state index in [1.165, 1.54) is 4.68 Å². The topological polar surface area (TPSA) is 93.5 Å². The third kappa shape index (κ3) is 4.21. The van der Waals surface area contributed by atoms with E-state index < -0.39 is 0 Å². The summed E-state index contributed by atoms with van der Waals surface area (Å²) in [5.41, 5.74) is 1.47. The molecule has 0 unspecified atom stereocenters. The number of hydrogen-bond donors (Lipinski definition) is 1. The number of ketones is 1. The first-order valence-corrected chi connectivity index (χ1v) is 10.5. The average molecular weight is 477 g/mol. The Balaban J connectivity index is 1.70. The van der Waals surface area contributed by atoms with Crippen molar-refractivity contribution in [1.29, 1.82) is 0 Å². The Kier molecular flexibility index (Phi) is 5.83. The largest absolute Gasteiger partial charge is 0.308 e. The fourth-order valence-corrected chi connectivity index (χ4v) is 3.95. The highest BCUT2D eigenvalue weighted by molar-refractivity contribution is 6.41. The van der Waals surface area contributed by atoms with E-state index in [0.29, 0.717) is 27.6 Å². The van der Waals surface area contributed by atoms with Crippen molar-refractivity contribution in [2.24, 2.45) is 0 Å². The first-order chi connectivity index (χ1) is 14.7. The maximum absolute atomic E-state index is 12.9. The molecule has 2 aromatic heterocycles. The summed E-state index contributed by atoms with van der Waals surface area (Å²) < 4.78 is 1.50. The van der Waals surface area contributed by atoms with Crippen LogP contribution in [0.3, 0.4) is 0 Å². The molecule has 0 radical (unpaired) electrons. The van der Waals surface area contributed by atoms with E-state index in [4.69, 9.17) is 34.8 Å². The number of benzene rings is 2. The Labute approximate surface area is 192 Å². The quantitative estimate of drug-likeness (QED) is 0.414. The zero-order chi connectivity index (χ0) is 22.3. The SMILES string of the molecule is CC(C)c1nc2c(nnn2Cc2cc(Cl)c(C(=O)c3ccc(Cl)cc3)c(Cl)c2)c(=O)[nH]1. The molecule has 31 heavy (non-hydrogen) atoms. The highest BCUT2D eigenvalue weighted by Gasteiger charge is 2.19. The maximum atomic E-state index is 12.9. The molecule has 1 N–H and O–H groups in total. The lowest BCUT2D eigenvalue weighted by atomic mass is 10.0. The predicted octanol–water partition coefficient (Wildman–Crippen LogP) is 4.88. The molecule has 10 heteroatoms. The van der Waals surface area contributed by atoms with Gasteiger partial charge in [-0.2, -0.15) is 0 Å². The minimum Gasteiger partial charge on any atom is -0.308 e. The number of nitrogens with zero attached hydrogens (tertiary/aromatic N) is 4. The van der Waals surface area contributed by atoms with Gasteiger partial charge in [-0.15, -0.1) is 5.10 Å². The van der Waals surface area contributed by atoms with Gasteiger partial charge >= 0.3 is 0 Å². The molecule has 0 saturated carbocycles. The number of aromatic nitrogens is 5. The zero-order valence-corrected chi connectivity index (χ0v) is 18.8. The Morgan fingerprint density at radius 1 is 1.10 bits per heavy atom. The Morgan fingerprint density at radius 2 is 1.74 bits per heavy atom. The van der Waals surface area contributed by atoms with Crippen molar-refractivity contribution in [3.63, 3.8) is 0 Å². The lowest BCUT2D eigenvalue weighted by Crippen LogP contribution is -2.14. The van der Waals surface area contributed by atoms with E-state index in [-0.39, 0.29) is 44.9 Å². The summed E-state index contributed by atoms with van der Waals surface area (Å²) >= 11 is 18.7. The van der Waals surface area contributed by atoms with Crippen molar-refractivity contribution in [2.75, 3.05) is 0 Å². The van der Waals surface area contributed by atoms with Crippen LogP contribution < -0.4 is 5.56 Å². The summed E-state index contributed by atoms with van der Waals surface area (Å²) in [4.78, 5) is 32.3. The Bertz CT molecular complexity index is 1340. The number of aromatic amines is 1. The van der Waals surface area contributed by atoms with Gasteiger partial charge in [0.05, 0.1) is 22.2 Å². The molecule has 0 spiro atoms. The van der Waals surface area contributed by atoms with Gasteiger partial charge in [0, 0.05) is 16.5 Å². The van der Waals surface area contributed by atoms with Crippen LogP contribution in [0.1, 0.15) is 47.1 Å². The fourth-order valence-electron chi connectivity index (χ4n) is 3.12. The van der Waals surface area contributed by atoms with Crippen LogP contribution in [0.15, 0.2) is 41.2 Å². The van der Waals surface area contributed by atoms with Crippen LogP contribution >= 0.6 is 34.8 Å². The lowest BCUT2D eigenvalue weighted by molar-refractivity contribution is 0.103. The lowest BCUT2D eigenvalue weighted by Gasteiger charge is -2.10. The van der Waals surface area contributed by atoms with Crippen molar-refractivity contribution in [2.45, 2.75) is 26.3 Å². The van der Waals surface area contributed by atoms with E-state index in [0.717, 1.165) is 0 Å². The van der Waals surface area contributed by atoms with Crippen molar-refractivity contribution in [3.05, 3.63) is 84.3 Å². The minimum absolute atomic E-state index is 0.0301. The van der Waals surface area contributed by atoms with Gasteiger partial charge in [-0.25, -0.2) is 9.67 Å². The summed E-state index contributed by atoms with van der Waals surface area (Å²) in [6.07, 6.45) is 0. The van der Waals surface area contributed by atoms with Crippen molar-refractivity contribution in [1.82, 2.24) is 25.0 Å². The fraction of sp³-hybridized carbons (Fsp3) is 0.190. The third-order valence-corrected chi connectivity index (χ3v) is 5.55. The number of carbonyl (C=O) groups is 1. The van der Waals surface area contributed by atoms with Crippen LogP contribution in [0.5, 0.6) is 0 Å². The molecule has 0 aliphatic carbocycles. The van der Waals surface area contributed by atoms with Crippen LogP contribution in [0, 0.1) is 0 Å². The van der Waals surface area contributed by atoms with Crippen LogP contribution in [0.25, 0.3) is 11.2 Å². The number of halogens is 3. The number of rotatable bonds is 5. The monoisotopic (exact) mass is 475 g/mol. The van der Waals surface area contributed by atoms with E-state index in [1.54, 1.807) is 36.4 Å². The highest BCUT2D eigenvalue weighted by atomic mass is 35.5. The Hall–Kier alpha value is -2.74. The van der Waals surface area contributed by atoms with Gasteiger partial charge < -0.3 is 4.98 Å². The molecular weight excluding hydrogens is 461 g/mol. The molecule has 0 saturated heterocycles. The predicted molar refractivity (Wildman–Crippen MR) is 120 cm³/mol. The molecular formula is C21H16Cl3N5O2. The molecule has 0 bridgehead atoms. The minimum atomic E-state index is -0.347. The van der Waals surface area contributed by atoms with Gasteiger partial charge in [-0.1, -0.05) is 53.9 Å². The van der Waals surface area contributed by atoms with Crippen LogP contribution in [0.2, 0.25) is 15.1 Å². The number of fused-ring (bicyclic) bond motifs is 1. The third-order valence-electron chi connectivity index (χ3n) is 4.71. The summed E-state index contributed by atoms with van der Waals surface area (Å²) in [5.74, 6) is 0.266. The second-order valence-corrected chi connectivity index (χ2v) is 8.55. The molecule has 0 aliphatic heterocycles. The average Bonchev–Trinajstić information content (AvgIpc) is 3.11. The molecule has 7 nitrogen and oxygen atoms in total. The van der Waals surface area contributed by atoms with Gasteiger partial charge in [0.1, 0.15) is 5.82 Å². The van der Waals surface area contributed by atoms with E-state index in [2.05, 4.69) is 20.3 Å². The molecule has 2 heterocycles. The second kappa shape index (κ2) is 8.42.